The third-order valence-electron chi connectivity index (χ3n) is 5.56. The zero-order valence-corrected chi connectivity index (χ0v) is 15.1. The molecular formula is C18H21N5O5. The highest BCUT2D eigenvalue weighted by Gasteiger charge is 2.57. The normalized spacial score (nSPS) is 30.5. The fraction of sp³-hybridized carbons (Fsp3) is 0.556. The largest absolute Gasteiger partial charge is 0.463 e. The SMILES string of the molecule is N#C[C@@]1(c2ccc3c(N)ncnn23)O[C@H](COC(=O)C2CCCC2)[C@@H](O)[C@H]1O. The lowest BCUT2D eigenvalue weighted by atomic mass is 9.92. The minimum absolute atomic E-state index is 0.140. The van der Waals surface area contributed by atoms with Crippen molar-refractivity contribution in [3.63, 3.8) is 0 Å². The van der Waals surface area contributed by atoms with E-state index in [4.69, 9.17) is 15.2 Å². The lowest BCUT2D eigenvalue weighted by Crippen LogP contribution is -2.41. The number of rotatable bonds is 4. The number of carbonyl (C=O) groups is 1. The summed E-state index contributed by atoms with van der Waals surface area (Å²) in [5, 5.41) is 35.0. The van der Waals surface area contributed by atoms with E-state index in [1.807, 2.05) is 6.07 Å². The number of esters is 1. The third kappa shape index (κ3) is 2.79. The summed E-state index contributed by atoms with van der Waals surface area (Å²) < 4.78 is 12.4. The molecule has 4 N–H and O–H groups in total. The van der Waals surface area contributed by atoms with Gasteiger partial charge in [0.25, 0.3) is 0 Å². The Labute approximate surface area is 160 Å². The number of anilines is 1. The van der Waals surface area contributed by atoms with Crippen molar-refractivity contribution in [2.75, 3.05) is 12.3 Å². The minimum atomic E-state index is -1.89. The molecular weight excluding hydrogens is 366 g/mol. The van der Waals surface area contributed by atoms with E-state index in [0.29, 0.717) is 5.52 Å². The van der Waals surface area contributed by atoms with Gasteiger partial charge < -0.3 is 25.4 Å². The number of fused-ring (bicyclic) bond motifs is 1. The number of nitrogen functional groups attached to an aromatic ring is 1. The van der Waals surface area contributed by atoms with Crippen molar-refractivity contribution in [2.24, 2.45) is 5.92 Å². The van der Waals surface area contributed by atoms with Crippen LogP contribution in [0.25, 0.3) is 5.52 Å². The summed E-state index contributed by atoms with van der Waals surface area (Å²) in [6.45, 7) is -0.253. The van der Waals surface area contributed by atoms with E-state index in [1.165, 1.54) is 16.9 Å². The molecule has 4 atom stereocenters. The third-order valence-corrected chi connectivity index (χ3v) is 5.56. The summed E-state index contributed by atoms with van der Waals surface area (Å²) in [4.78, 5) is 16.0. The maximum Gasteiger partial charge on any atom is 0.309 e. The molecule has 28 heavy (non-hydrogen) atoms. The summed E-state index contributed by atoms with van der Waals surface area (Å²) in [5.41, 5.74) is 4.57. The number of aliphatic hydroxyl groups excluding tert-OH is 2. The first-order valence-corrected chi connectivity index (χ1v) is 9.18. The first-order chi connectivity index (χ1) is 13.5. The number of hydrogen-bond acceptors (Lipinski definition) is 9. The molecule has 1 aliphatic heterocycles. The summed E-state index contributed by atoms with van der Waals surface area (Å²) in [5.74, 6) is -0.284. The van der Waals surface area contributed by atoms with Crippen molar-refractivity contribution < 1.29 is 24.5 Å². The monoisotopic (exact) mass is 387 g/mol. The van der Waals surface area contributed by atoms with Gasteiger partial charge in [-0.05, 0) is 25.0 Å². The molecule has 10 nitrogen and oxygen atoms in total. The molecule has 2 aromatic heterocycles. The number of ether oxygens (including phenoxy) is 2. The number of hydrogen-bond donors (Lipinski definition) is 3. The molecule has 0 unspecified atom stereocenters. The van der Waals surface area contributed by atoms with E-state index in [1.54, 1.807) is 6.07 Å². The van der Waals surface area contributed by atoms with Crippen LogP contribution in [0, 0.1) is 17.2 Å². The van der Waals surface area contributed by atoms with Gasteiger partial charge in [0, 0.05) is 0 Å². The van der Waals surface area contributed by atoms with Crippen LogP contribution in [0.1, 0.15) is 31.4 Å². The first-order valence-electron chi connectivity index (χ1n) is 9.18. The lowest BCUT2D eigenvalue weighted by molar-refractivity contribution is -0.155. The Kier molecular flexibility index (Phi) is 4.66. The Morgan fingerprint density at radius 3 is 2.89 bits per heavy atom. The second kappa shape index (κ2) is 7.01. The van der Waals surface area contributed by atoms with Crippen LogP contribution in [0.4, 0.5) is 5.82 Å². The molecule has 4 rings (SSSR count). The molecule has 0 aromatic carbocycles. The van der Waals surface area contributed by atoms with Crippen LogP contribution in [-0.4, -0.2) is 55.7 Å². The van der Waals surface area contributed by atoms with E-state index in [2.05, 4.69) is 10.1 Å². The first kappa shape index (κ1) is 18.6. The van der Waals surface area contributed by atoms with Crippen LogP contribution in [0.2, 0.25) is 0 Å². The molecule has 1 aliphatic carbocycles. The zero-order valence-electron chi connectivity index (χ0n) is 15.1. The second-order valence-electron chi connectivity index (χ2n) is 7.21. The van der Waals surface area contributed by atoms with Gasteiger partial charge in [-0.2, -0.15) is 10.4 Å². The number of aliphatic hydroxyl groups is 2. The van der Waals surface area contributed by atoms with Gasteiger partial charge in [-0.15, -0.1) is 0 Å². The van der Waals surface area contributed by atoms with Crippen LogP contribution < -0.4 is 5.73 Å². The molecule has 2 aromatic rings. The van der Waals surface area contributed by atoms with Crippen LogP contribution in [0.3, 0.4) is 0 Å². The molecule has 2 aliphatic rings. The van der Waals surface area contributed by atoms with Crippen LogP contribution >= 0.6 is 0 Å². The summed E-state index contributed by atoms with van der Waals surface area (Å²) in [6, 6.07) is 5.08. The lowest BCUT2D eigenvalue weighted by Gasteiger charge is -2.24. The number of aromatic nitrogens is 3. The molecule has 3 heterocycles. The fourth-order valence-electron chi connectivity index (χ4n) is 3.99. The Balaban J connectivity index is 1.58. The van der Waals surface area contributed by atoms with Gasteiger partial charge in [0.2, 0.25) is 5.60 Å². The van der Waals surface area contributed by atoms with Gasteiger partial charge in [-0.1, -0.05) is 12.8 Å². The Bertz CT molecular complexity index is 934. The molecule has 1 saturated carbocycles. The Morgan fingerprint density at radius 1 is 1.43 bits per heavy atom. The predicted molar refractivity (Wildman–Crippen MR) is 94.5 cm³/mol. The van der Waals surface area contributed by atoms with Gasteiger partial charge in [-0.25, -0.2) is 9.50 Å². The summed E-state index contributed by atoms with van der Waals surface area (Å²) >= 11 is 0. The van der Waals surface area contributed by atoms with Crippen molar-refractivity contribution in [1.82, 2.24) is 14.6 Å². The second-order valence-corrected chi connectivity index (χ2v) is 7.21. The number of nitrogens with zero attached hydrogens (tertiary/aromatic N) is 4. The average Bonchev–Trinajstić information content (AvgIpc) is 3.42. The fourth-order valence-corrected chi connectivity index (χ4v) is 3.99. The standard InChI is InChI=1S/C18H21N5O5/c19-8-18(13-6-5-11-16(20)21-9-22-23(11)13)15(25)14(24)12(28-18)7-27-17(26)10-3-1-2-4-10/h5-6,9-10,12,14-15,24-25H,1-4,7H2,(H2,20,21,22)/t12-,14-,15-,18+/m1/s1. The zero-order chi connectivity index (χ0) is 19.9. The molecule has 148 valence electrons. The van der Waals surface area contributed by atoms with E-state index in [9.17, 15) is 20.3 Å². The van der Waals surface area contributed by atoms with Crippen molar-refractivity contribution in [3.8, 4) is 6.07 Å². The molecule has 0 amide bonds. The Morgan fingerprint density at radius 2 is 2.18 bits per heavy atom. The molecule has 0 bridgehead atoms. The van der Waals surface area contributed by atoms with Crippen molar-refractivity contribution in [1.29, 1.82) is 5.26 Å². The molecule has 10 heteroatoms. The van der Waals surface area contributed by atoms with Crippen LogP contribution in [-0.2, 0) is 19.9 Å². The topological polar surface area (TPSA) is 156 Å². The van der Waals surface area contributed by atoms with Gasteiger partial charge >= 0.3 is 5.97 Å². The summed E-state index contributed by atoms with van der Waals surface area (Å²) in [6.07, 6.45) is 0.738. The van der Waals surface area contributed by atoms with Crippen molar-refractivity contribution >= 4 is 17.3 Å². The van der Waals surface area contributed by atoms with Gasteiger partial charge in [0.15, 0.2) is 5.82 Å². The highest BCUT2D eigenvalue weighted by atomic mass is 16.6. The van der Waals surface area contributed by atoms with Gasteiger partial charge in [0.05, 0.1) is 11.6 Å². The smallest absolute Gasteiger partial charge is 0.309 e. The van der Waals surface area contributed by atoms with Gasteiger partial charge in [0.1, 0.15) is 42.8 Å². The summed E-state index contributed by atoms with van der Waals surface area (Å²) in [7, 11) is 0. The van der Waals surface area contributed by atoms with E-state index < -0.39 is 23.9 Å². The highest BCUT2D eigenvalue weighted by Crippen LogP contribution is 2.40. The molecule has 0 radical (unpaired) electrons. The number of nitriles is 1. The van der Waals surface area contributed by atoms with Crippen LogP contribution in [0.5, 0.6) is 0 Å². The quantitative estimate of drug-likeness (QED) is 0.609. The Hall–Kier alpha value is -2.74. The molecule has 2 fully saturated rings. The molecule has 1 saturated heterocycles. The average molecular weight is 387 g/mol. The maximum absolute atomic E-state index is 12.1. The van der Waals surface area contributed by atoms with E-state index in [-0.39, 0.29) is 30.0 Å². The van der Waals surface area contributed by atoms with Crippen molar-refractivity contribution in [2.45, 2.75) is 49.6 Å². The van der Waals surface area contributed by atoms with Gasteiger partial charge in [-0.3, -0.25) is 4.79 Å². The van der Waals surface area contributed by atoms with Crippen LogP contribution in [0.15, 0.2) is 18.5 Å². The predicted octanol–water partition coefficient (Wildman–Crippen LogP) is -0.116. The highest BCUT2D eigenvalue weighted by molar-refractivity contribution is 5.72. The minimum Gasteiger partial charge on any atom is -0.463 e. The number of nitrogens with two attached hydrogens (primary N) is 1. The van der Waals surface area contributed by atoms with E-state index in [0.717, 1.165) is 25.7 Å². The maximum atomic E-state index is 12.1. The molecule has 0 spiro atoms. The van der Waals surface area contributed by atoms with Crippen molar-refractivity contribution in [3.05, 3.63) is 24.2 Å². The van der Waals surface area contributed by atoms with E-state index >= 15 is 0 Å². The number of carbonyl (C=O) groups excluding carboxylic acids is 1.